The van der Waals surface area contributed by atoms with E-state index in [0.717, 1.165) is 40.2 Å². The molecule has 2 amide bonds. The van der Waals surface area contributed by atoms with Gasteiger partial charge in [0.15, 0.2) is 5.65 Å². The Morgan fingerprint density at radius 3 is 2.76 bits per heavy atom. The maximum Gasteiger partial charge on any atom is 0.408 e. The van der Waals surface area contributed by atoms with E-state index in [1.165, 1.54) is 0 Å². The molecule has 10 heteroatoms. The van der Waals surface area contributed by atoms with Crippen LogP contribution in [0.15, 0.2) is 24.7 Å². The SMILES string of the molecule is O=C(N1CCCC(c2ncc3cnc4[nH]ccc4n23)C1)N1CCCC1C(F)(F)F. The summed E-state index contributed by atoms with van der Waals surface area (Å²) in [5.74, 6) is 0.779. The molecule has 7 nitrogen and oxygen atoms in total. The van der Waals surface area contributed by atoms with Crippen molar-refractivity contribution in [1.29, 1.82) is 0 Å². The molecule has 2 fully saturated rings. The van der Waals surface area contributed by atoms with Gasteiger partial charge in [0.25, 0.3) is 0 Å². The molecule has 0 aliphatic carbocycles. The van der Waals surface area contributed by atoms with Crippen LogP contribution < -0.4 is 0 Å². The first-order valence-corrected chi connectivity index (χ1v) is 9.85. The Kier molecular flexibility index (Phi) is 4.18. The Morgan fingerprint density at radius 1 is 1.14 bits per heavy atom. The number of urea groups is 1. The maximum atomic E-state index is 13.3. The first-order chi connectivity index (χ1) is 13.9. The molecule has 154 valence electrons. The van der Waals surface area contributed by atoms with E-state index in [1.807, 2.05) is 16.7 Å². The fourth-order valence-electron chi connectivity index (χ4n) is 4.67. The number of halogens is 3. The number of carbonyl (C=O) groups is 1. The second-order valence-corrected chi connectivity index (χ2v) is 7.81. The van der Waals surface area contributed by atoms with Crippen molar-refractivity contribution in [1.82, 2.24) is 29.2 Å². The van der Waals surface area contributed by atoms with Crippen molar-refractivity contribution in [3.63, 3.8) is 0 Å². The quantitative estimate of drug-likeness (QED) is 0.672. The highest BCUT2D eigenvalue weighted by Gasteiger charge is 2.49. The molecular formula is C19H21F3N6O. The van der Waals surface area contributed by atoms with Gasteiger partial charge in [0.05, 0.1) is 23.4 Å². The number of rotatable bonds is 1. The smallest absolute Gasteiger partial charge is 0.345 e. The predicted octanol–water partition coefficient (Wildman–Crippen LogP) is 3.54. The molecule has 5 heterocycles. The highest BCUT2D eigenvalue weighted by atomic mass is 19.4. The normalized spacial score (nSPS) is 23.4. The summed E-state index contributed by atoms with van der Waals surface area (Å²) >= 11 is 0. The number of likely N-dealkylation sites (tertiary alicyclic amines) is 2. The summed E-state index contributed by atoms with van der Waals surface area (Å²) in [6.07, 6.45) is 2.84. The van der Waals surface area contributed by atoms with E-state index in [0.29, 0.717) is 19.5 Å². The highest BCUT2D eigenvalue weighted by molar-refractivity contribution is 5.76. The lowest BCUT2D eigenvalue weighted by molar-refractivity contribution is -0.170. The van der Waals surface area contributed by atoms with Crippen LogP contribution in [0.4, 0.5) is 18.0 Å². The molecule has 3 aromatic rings. The molecule has 0 aromatic carbocycles. The molecule has 0 radical (unpaired) electrons. The van der Waals surface area contributed by atoms with Gasteiger partial charge in [-0.25, -0.2) is 14.8 Å². The number of fused-ring (bicyclic) bond motifs is 3. The van der Waals surface area contributed by atoms with Crippen LogP contribution in [0, 0.1) is 0 Å². The van der Waals surface area contributed by atoms with Gasteiger partial charge in [-0.15, -0.1) is 0 Å². The molecule has 0 saturated carbocycles. The van der Waals surface area contributed by atoms with Crippen LogP contribution in [0.1, 0.15) is 37.4 Å². The molecule has 3 aromatic heterocycles. The zero-order valence-corrected chi connectivity index (χ0v) is 15.7. The minimum Gasteiger partial charge on any atom is -0.345 e. The second-order valence-electron chi connectivity index (χ2n) is 7.81. The second kappa shape index (κ2) is 6.64. The van der Waals surface area contributed by atoms with Gasteiger partial charge >= 0.3 is 12.2 Å². The Labute approximate surface area is 164 Å². The van der Waals surface area contributed by atoms with Gasteiger partial charge in [-0.3, -0.25) is 4.40 Å². The van der Waals surface area contributed by atoms with E-state index in [9.17, 15) is 18.0 Å². The minimum atomic E-state index is -4.38. The van der Waals surface area contributed by atoms with Crippen molar-refractivity contribution in [3.8, 4) is 0 Å². The summed E-state index contributed by atoms with van der Waals surface area (Å²) in [7, 11) is 0. The van der Waals surface area contributed by atoms with Crippen LogP contribution in [-0.4, -0.2) is 67.0 Å². The molecule has 2 aliphatic heterocycles. The lowest BCUT2D eigenvalue weighted by Gasteiger charge is -2.37. The highest BCUT2D eigenvalue weighted by Crippen LogP contribution is 2.35. The van der Waals surface area contributed by atoms with Crippen LogP contribution in [-0.2, 0) is 0 Å². The number of imidazole rings is 1. The summed E-state index contributed by atoms with van der Waals surface area (Å²) in [5, 5.41) is 0. The van der Waals surface area contributed by atoms with Crippen molar-refractivity contribution >= 4 is 22.7 Å². The van der Waals surface area contributed by atoms with Crippen molar-refractivity contribution in [2.24, 2.45) is 0 Å². The molecular weight excluding hydrogens is 385 g/mol. The van der Waals surface area contributed by atoms with E-state index < -0.39 is 18.2 Å². The van der Waals surface area contributed by atoms with Crippen LogP contribution in [0.3, 0.4) is 0 Å². The van der Waals surface area contributed by atoms with E-state index in [1.54, 1.807) is 17.3 Å². The molecule has 2 saturated heterocycles. The van der Waals surface area contributed by atoms with Gasteiger partial charge in [0.2, 0.25) is 0 Å². The number of alkyl halides is 3. The van der Waals surface area contributed by atoms with Gasteiger partial charge in [0.1, 0.15) is 11.9 Å². The number of aromatic nitrogens is 4. The number of nitrogens with zero attached hydrogens (tertiary/aromatic N) is 5. The summed E-state index contributed by atoms with van der Waals surface area (Å²) in [4.78, 5) is 27.5. The van der Waals surface area contributed by atoms with E-state index in [2.05, 4.69) is 15.0 Å². The van der Waals surface area contributed by atoms with Gasteiger partial charge in [-0.2, -0.15) is 13.2 Å². The number of hydrogen-bond donors (Lipinski definition) is 1. The maximum absolute atomic E-state index is 13.3. The minimum absolute atomic E-state index is 0.0180. The van der Waals surface area contributed by atoms with E-state index >= 15 is 0 Å². The zero-order valence-electron chi connectivity index (χ0n) is 15.7. The fraction of sp³-hybridized carbons (Fsp3) is 0.526. The molecule has 2 aliphatic rings. The van der Waals surface area contributed by atoms with Gasteiger partial charge < -0.3 is 14.8 Å². The number of nitrogens with one attached hydrogen (secondary N) is 1. The van der Waals surface area contributed by atoms with Crippen molar-refractivity contribution in [2.45, 2.75) is 43.8 Å². The zero-order chi connectivity index (χ0) is 20.2. The van der Waals surface area contributed by atoms with Crippen molar-refractivity contribution < 1.29 is 18.0 Å². The summed E-state index contributed by atoms with van der Waals surface area (Å²) in [6.45, 7) is 1.00. The number of carbonyl (C=O) groups excluding carboxylic acids is 1. The monoisotopic (exact) mass is 406 g/mol. The molecule has 2 unspecified atom stereocenters. The number of amides is 2. The van der Waals surface area contributed by atoms with Crippen LogP contribution in [0.2, 0.25) is 0 Å². The van der Waals surface area contributed by atoms with Gasteiger partial charge in [-0.1, -0.05) is 0 Å². The lowest BCUT2D eigenvalue weighted by atomic mass is 9.97. The Bertz CT molecular complexity index is 1060. The van der Waals surface area contributed by atoms with Crippen molar-refractivity contribution in [3.05, 3.63) is 30.5 Å². The fourth-order valence-corrected chi connectivity index (χ4v) is 4.67. The largest absolute Gasteiger partial charge is 0.408 e. The van der Waals surface area contributed by atoms with Crippen LogP contribution in [0.5, 0.6) is 0 Å². The molecule has 2 atom stereocenters. The van der Waals surface area contributed by atoms with Crippen LogP contribution in [0.25, 0.3) is 16.7 Å². The average molecular weight is 406 g/mol. The molecule has 1 N–H and O–H groups in total. The first-order valence-electron chi connectivity index (χ1n) is 9.85. The van der Waals surface area contributed by atoms with Crippen LogP contribution >= 0.6 is 0 Å². The first kappa shape index (κ1) is 18.3. The topological polar surface area (TPSA) is 69.5 Å². The number of aromatic amines is 1. The number of hydrogen-bond acceptors (Lipinski definition) is 3. The summed E-state index contributed by atoms with van der Waals surface area (Å²) < 4.78 is 41.9. The molecule has 0 bridgehead atoms. The Morgan fingerprint density at radius 2 is 1.93 bits per heavy atom. The van der Waals surface area contributed by atoms with E-state index in [4.69, 9.17) is 0 Å². The Balaban J connectivity index is 1.42. The third-order valence-electron chi connectivity index (χ3n) is 6.02. The summed E-state index contributed by atoms with van der Waals surface area (Å²) in [6, 6.07) is -0.262. The van der Waals surface area contributed by atoms with Gasteiger partial charge in [0, 0.05) is 31.7 Å². The third-order valence-corrected chi connectivity index (χ3v) is 6.02. The van der Waals surface area contributed by atoms with Gasteiger partial charge in [-0.05, 0) is 31.7 Å². The summed E-state index contributed by atoms with van der Waals surface area (Å²) in [5.41, 5.74) is 2.49. The molecule has 5 rings (SSSR count). The molecule has 29 heavy (non-hydrogen) atoms. The number of H-pyrrole nitrogens is 1. The average Bonchev–Trinajstić information content (AvgIpc) is 3.44. The molecule has 0 spiro atoms. The lowest BCUT2D eigenvalue weighted by Crippen LogP contribution is -2.52. The third kappa shape index (κ3) is 3.01. The standard InChI is InChI=1S/C19H21F3N6O/c20-19(21,22)15-4-2-8-27(15)18(29)26-7-1-3-12(11-26)17-25-10-13-9-24-16-14(28(13)17)5-6-23-16/h5-6,9-10,12,15,23H,1-4,7-8,11H2. The number of piperidine rings is 1. The van der Waals surface area contributed by atoms with E-state index in [-0.39, 0.29) is 18.9 Å². The van der Waals surface area contributed by atoms with Crippen molar-refractivity contribution in [2.75, 3.05) is 19.6 Å². The Hall–Kier alpha value is -2.78. The predicted molar refractivity (Wildman–Crippen MR) is 99.6 cm³/mol.